The quantitative estimate of drug-likeness (QED) is 0.598. The summed E-state index contributed by atoms with van der Waals surface area (Å²) in [6.45, 7) is 2.03. The number of esters is 1. The second-order valence-electron chi connectivity index (χ2n) is 3.80. The highest BCUT2D eigenvalue weighted by Crippen LogP contribution is 2.20. The number of carbonyl (C=O) groups is 2. The molecule has 1 rings (SSSR count). The highest BCUT2D eigenvalue weighted by Gasteiger charge is 2.13. The first-order valence-electron chi connectivity index (χ1n) is 5.81. The number of hydrogen-bond donors (Lipinski definition) is 0. The largest absolute Gasteiger partial charge is 0.465 e. The molecule has 0 saturated heterocycles. The van der Waals surface area contributed by atoms with Crippen LogP contribution in [-0.2, 0) is 14.3 Å². The van der Waals surface area contributed by atoms with E-state index in [1.165, 1.54) is 16.7 Å². The van der Waals surface area contributed by atoms with E-state index in [0.717, 1.165) is 4.90 Å². The van der Waals surface area contributed by atoms with E-state index in [4.69, 9.17) is 16.3 Å². The molecule has 0 N–H and O–H groups in total. The number of benzene rings is 1. The van der Waals surface area contributed by atoms with Gasteiger partial charge in [-0.25, -0.2) is 0 Å². The van der Waals surface area contributed by atoms with Crippen molar-refractivity contribution in [3.05, 3.63) is 29.3 Å². The van der Waals surface area contributed by atoms with E-state index >= 15 is 0 Å². The monoisotopic (exact) mass is 301 g/mol. The summed E-state index contributed by atoms with van der Waals surface area (Å²) in [5.41, 5.74) is 0. The first-order chi connectivity index (χ1) is 9.02. The standard InChI is InChI=1S/C13H16ClNO3S/c1-3-18-13(17)8-15(2)12(16)9-19-11-6-4-10(14)5-7-11/h4-7H,3,8-9H2,1-2H3. The second kappa shape index (κ2) is 8.07. The van der Waals surface area contributed by atoms with Crippen LogP contribution in [0.4, 0.5) is 0 Å². The van der Waals surface area contributed by atoms with E-state index in [0.29, 0.717) is 11.6 Å². The van der Waals surface area contributed by atoms with Gasteiger partial charge in [-0.2, -0.15) is 0 Å². The number of thioether (sulfide) groups is 1. The normalized spacial score (nSPS) is 10.1. The number of amides is 1. The van der Waals surface area contributed by atoms with Gasteiger partial charge in [-0.1, -0.05) is 11.6 Å². The molecular weight excluding hydrogens is 286 g/mol. The molecule has 0 bridgehead atoms. The third-order valence-corrected chi connectivity index (χ3v) is 3.52. The topological polar surface area (TPSA) is 46.6 Å². The molecule has 0 aliphatic heterocycles. The molecule has 0 aromatic heterocycles. The Balaban J connectivity index is 2.38. The molecule has 0 saturated carbocycles. The predicted octanol–water partition coefficient (Wildman–Crippen LogP) is 2.45. The van der Waals surface area contributed by atoms with Crippen molar-refractivity contribution in [2.45, 2.75) is 11.8 Å². The van der Waals surface area contributed by atoms with Crippen molar-refractivity contribution in [3.63, 3.8) is 0 Å². The average molecular weight is 302 g/mol. The summed E-state index contributed by atoms with van der Waals surface area (Å²) in [5.74, 6) is -0.236. The van der Waals surface area contributed by atoms with Gasteiger partial charge >= 0.3 is 5.97 Å². The zero-order valence-electron chi connectivity index (χ0n) is 10.9. The molecule has 0 spiro atoms. The molecule has 104 valence electrons. The van der Waals surface area contributed by atoms with E-state index in [9.17, 15) is 9.59 Å². The number of nitrogens with zero attached hydrogens (tertiary/aromatic N) is 1. The Hall–Kier alpha value is -1.20. The lowest BCUT2D eigenvalue weighted by Crippen LogP contribution is -2.34. The molecule has 0 unspecified atom stereocenters. The van der Waals surface area contributed by atoms with Crippen LogP contribution in [0.3, 0.4) is 0 Å². The van der Waals surface area contributed by atoms with Crippen molar-refractivity contribution < 1.29 is 14.3 Å². The van der Waals surface area contributed by atoms with Gasteiger partial charge in [0.05, 0.1) is 12.4 Å². The first kappa shape index (κ1) is 15.9. The molecule has 0 heterocycles. The molecule has 1 aromatic carbocycles. The number of carbonyl (C=O) groups excluding carboxylic acids is 2. The summed E-state index contributed by atoms with van der Waals surface area (Å²) in [6.07, 6.45) is 0. The first-order valence-corrected chi connectivity index (χ1v) is 7.17. The highest BCUT2D eigenvalue weighted by molar-refractivity contribution is 8.00. The Bertz CT molecular complexity index is 436. The minimum absolute atomic E-state index is 0.0200. The van der Waals surface area contributed by atoms with Crippen molar-refractivity contribution in [1.29, 1.82) is 0 Å². The minimum atomic E-state index is -0.394. The Morgan fingerprint density at radius 3 is 2.53 bits per heavy atom. The van der Waals surface area contributed by atoms with Gasteiger partial charge in [0.15, 0.2) is 0 Å². The van der Waals surface area contributed by atoms with Gasteiger partial charge in [0.25, 0.3) is 0 Å². The van der Waals surface area contributed by atoms with Gasteiger partial charge in [0, 0.05) is 17.0 Å². The Morgan fingerprint density at radius 2 is 1.95 bits per heavy atom. The molecule has 4 nitrogen and oxygen atoms in total. The smallest absolute Gasteiger partial charge is 0.325 e. The fourth-order valence-corrected chi connectivity index (χ4v) is 2.24. The lowest BCUT2D eigenvalue weighted by atomic mass is 10.4. The van der Waals surface area contributed by atoms with Gasteiger partial charge in [-0.05, 0) is 31.2 Å². The van der Waals surface area contributed by atoms with E-state index in [2.05, 4.69) is 0 Å². The Morgan fingerprint density at radius 1 is 1.32 bits per heavy atom. The molecule has 0 aliphatic carbocycles. The third-order valence-electron chi connectivity index (χ3n) is 2.27. The van der Waals surface area contributed by atoms with Crippen molar-refractivity contribution >= 4 is 35.2 Å². The lowest BCUT2D eigenvalue weighted by Gasteiger charge is -2.15. The molecule has 0 atom stereocenters. The zero-order chi connectivity index (χ0) is 14.3. The molecule has 0 radical (unpaired) electrons. The Labute approximate surface area is 122 Å². The van der Waals surface area contributed by atoms with Crippen LogP contribution < -0.4 is 0 Å². The average Bonchev–Trinajstić information content (AvgIpc) is 2.37. The zero-order valence-corrected chi connectivity index (χ0v) is 12.5. The fourth-order valence-electron chi connectivity index (χ4n) is 1.27. The van der Waals surface area contributed by atoms with Crippen LogP contribution in [0.25, 0.3) is 0 Å². The van der Waals surface area contributed by atoms with Crippen molar-refractivity contribution in [2.24, 2.45) is 0 Å². The minimum Gasteiger partial charge on any atom is -0.465 e. The molecule has 0 fully saturated rings. The van der Waals surface area contributed by atoms with Crippen LogP contribution in [-0.4, -0.2) is 42.7 Å². The van der Waals surface area contributed by atoms with Crippen molar-refractivity contribution in [2.75, 3.05) is 26.0 Å². The van der Waals surface area contributed by atoms with E-state index < -0.39 is 5.97 Å². The maximum atomic E-state index is 11.8. The molecule has 0 aliphatic rings. The fraction of sp³-hybridized carbons (Fsp3) is 0.385. The van der Waals surface area contributed by atoms with Gasteiger partial charge in [0.1, 0.15) is 6.54 Å². The summed E-state index contributed by atoms with van der Waals surface area (Å²) in [4.78, 5) is 25.3. The van der Waals surface area contributed by atoms with E-state index in [1.807, 2.05) is 12.1 Å². The summed E-state index contributed by atoms with van der Waals surface area (Å²) in [7, 11) is 1.58. The van der Waals surface area contributed by atoms with Crippen LogP contribution in [0.1, 0.15) is 6.92 Å². The third kappa shape index (κ3) is 5.98. The summed E-state index contributed by atoms with van der Waals surface area (Å²) in [6, 6.07) is 7.25. The lowest BCUT2D eigenvalue weighted by molar-refractivity contribution is -0.147. The van der Waals surface area contributed by atoms with Gasteiger partial charge in [0.2, 0.25) is 5.91 Å². The van der Waals surface area contributed by atoms with Crippen molar-refractivity contribution in [1.82, 2.24) is 4.90 Å². The molecular formula is C13H16ClNO3S. The van der Waals surface area contributed by atoms with E-state index in [-0.39, 0.29) is 18.2 Å². The van der Waals surface area contributed by atoms with Crippen LogP contribution in [0.15, 0.2) is 29.2 Å². The molecule has 19 heavy (non-hydrogen) atoms. The van der Waals surface area contributed by atoms with Crippen LogP contribution in [0.2, 0.25) is 5.02 Å². The molecule has 1 aromatic rings. The number of rotatable bonds is 6. The van der Waals surface area contributed by atoms with Gasteiger partial charge in [-0.15, -0.1) is 11.8 Å². The SMILES string of the molecule is CCOC(=O)CN(C)C(=O)CSc1ccc(Cl)cc1. The van der Waals surface area contributed by atoms with Crippen molar-refractivity contribution in [3.8, 4) is 0 Å². The second-order valence-corrected chi connectivity index (χ2v) is 5.28. The summed E-state index contributed by atoms with van der Waals surface area (Å²) in [5, 5.41) is 0.662. The number of halogens is 1. The maximum Gasteiger partial charge on any atom is 0.325 e. The number of ether oxygens (including phenoxy) is 1. The van der Waals surface area contributed by atoms with Crippen LogP contribution in [0.5, 0.6) is 0 Å². The number of hydrogen-bond acceptors (Lipinski definition) is 4. The maximum absolute atomic E-state index is 11.8. The Kier molecular flexibility index (Phi) is 6.73. The van der Waals surface area contributed by atoms with Gasteiger partial charge in [-0.3, -0.25) is 9.59 Å². The van der Waals surface area contributed by atoms with Gasteiger partial charge < -0.3 is 9.64 Å². The summed E-state index contributed by atoms with van der Waals surface area (Å²) < 4.78 is 4.78. The van der Waals surface area contributed by atoms with Crippen LogP contribution >= 0.6 is 23.4 Å². The molecule has 6 heteroatoms. The number of likely N-dealkylation sites (N-methyl/N-ethyl adjacent to an activating group) is 1. The highest BCUT2D eigenvalue weighted by atomic mass is 35.5. The predicted molar refractivity (Wildman–Crippen MR) is 76.4 cm³/mol. The summed E-state index contributed by atoms with van der Waals surface area (Å²) >= 11 is 7.18. The van der Waals surface area contributed by atoms with E-state index in [1.54, 1.807) is 26.1 Å². The van der Waals surface area contributed by atoms with Crippen LogP contribution in [0, 0.1) is 0 Å². The molecule has 1 amide bonds.